The molecule has 6 rings (SSSR count). The topological polar surface area (TPSA) is 74.8 Å². The number of amides is 4. The third kappa shape index (κ3) is 2.81. The van der Waals surface area contributed by atoms with Gasteiger partial charge in [-0.25, -0.2) is 0 Å². The first-order valence-corrected chi connectivity index (χ1v) is 13.4. The highest BCUT2D eigenvalue weighted by Gasteiger charge is 2.43. The highest BCUT2D eigenvalue weighted by Crippen LogP contribution is 2.40. The molecule has 2 aromatic rings. The van der Waals surface area contributed by atoms with Gasteiger partial charge in [0, 0.05) is 45.1 Å². The summed E-state index contributed by atoms with van der Waals surface area (Å²) < 4.78 is 0. The van der Waals surface area contributed by atoms with Crippen LogP contribution in [0.25, 0.3) is 10.8 Å². The third-order valence-electron chi connectivity index (χ3n) is 7.07. The van der Waals surface area contributed by atoms with Crippen molar-refractivity contribution in [1.82, 2.24) is 9.80 Å². The van der Waals surface area contributed by atoms with Gasteiger partial charge in [-0.3, -0.25) is 29.0 Å². The maximum absolute atomic E-state index is 13.4. The van der Waals surface area contributed by atoms with Gasteiger partial charge in [-0.05, 0) is 73.0 Å². The monoisotopic (exact) mass is 466 g/mol. The fourth-order valence-electron chi connectivity index (χ4n) is 5.46. The number of imide groups is 2. The van der Waals surface area contributed by atoms with Crippen molar-refractivity contribution in [2.24, 2.45) is 0 Å². The van der Waals surface area contributed by atoms with Crippen LogP contribution in [0.5, 0.6) is 0 Å². The molecule has 164 valence electrons. The van der Waals surface area contributed by atoms with Crippen molar-refractivity contribution >= 4 is 57.9 Å². The lowest BCUT2D eigenvalue weighted by atomic mass is 9.84. The number of carbonyl (C=O) groups excluding carboxylic acids is 4. The molecule has 0 spiro atoms. The summed E-state index contributed by atoms with van der Waals surface area (Å²) in [5, 5.41) is 0.939. The van der Waals surface area contributed by atoms with Crippen molar-refractivity contribution in [2.45, 2.75) is 37.8 Å². The number of rotatable bonds is 2. The minimum Gasteiger partial charge on any atom is -0.271 e. The van der Waals surface area contributed by atoms with Crippen LogP contribution in [0.4, 0.5) is 0 Å². The Balaban J connectivity index is 1.49. The Morgan fingerprint density at radius 2 is 0.812 bits per heavy atom. The molecular weight excluding hydrogens is 444 g/mol. The van der Waals surface area contributed by atoms with Crippen LogP contribution in [0, 0.1) is 0 Å². The van der Waals surface area contributed by atoms with Gasteiger partial charge in [0.05, 0.1) is 0 Å². The highest BCUT2D eigenvalue weighted by molar-refractivity contribution is 7.99. The smallest absolute Gasteiger partial charge is 0.261 e. The summed E-state index contributed by atoms with van der Waals surface area (Å²) in [4.78, 5) is 56.6. The molecule has 4 aliphatic heterocycles. The molecule has 32 heavy (non-hydrogen) atoms. The predicted octanol–water partition coefficient (Wildman–Crippen LogP) is 3.82. The van der Waals surface area contributed by atoms with E-state index in [1.165, 1.54) is 9.80 Å². The lowest BCUT2D eigenvalue weighted by Crippen LogP contribution is -2.50. The van der Waals surface area contributed by atoms with Crippen LogP contribution in [0.3, 0.4) is 0 Å². The maximum Gasteiger partial charge on any atom is 0.261 e. The standard InChI is InChI=1S/C24H22N2O4S2/c27-21-15-1-2-16-20-18(24(30)26(22(16)28)14-7-11-32-12-8-14)4-3-17(19(15)20)23(29)25(21)13-5-9-31-10-6-13/h1-4,13-14H,5-12H2. The molecule has 0 saturated carbocycles. The first-order chi connectivity index (χ1) is 15.6. The Morgan fingerprint density at radius 1 is 0.531 bits per heavy atom. The molecule has 0 aliphatic carbocycles. The minimum atomic E-state index is -0.310. The molecule has 2 aromatic carbocycles. The Hall–Kier alpha value is -2.32. The van der Waals surface area contributed by atoms with Gasteiger partial charge in [-0.15, -0.1) is 0 Å². The van der Waals surface area contributed by atoms with Crippen molar-refractivity contribution < 1.29 is 19.2 Å². The maximum atomic E-state index is 13.4. The first-order valence-electron chi connectivity index (χ1n) is 11.1. The van der Waals surface area contributed by atoms with E-state index in [9.17, 15) is 19.2 Å². The van der Waals surface area contributed by atoms with Gasteiger partial charge in [-0.1, -0.05) is 0 Å². The quantitative estimate of drug-likeness (QED) is 0.627. The molecule has 0 aromatic heterocycles. The molecule has 2 fully saturated rings. The second-order valence-corrected chi connectivity index (χ2v) is 11.2. The highest BCUT2D eigenvalue weighted by atomic mass is 32.2. The lowest BCUT2D eigenvalue weighted by Gasteiger charge is -2.38. The number of hydrogen-bond donors (Lipinski definition) is 0. The summed E-state index contributed by atoms with van der Waals surface area (Å²) >= 11 is 3.68. The average Bonchev–Trinajstić information content (AvgIpc) is 2.83. The summed E-state index contributed by atoms with van der Waals surface area (Å²) in [6, 6.07) is 6.49. The largest absolute Gasteiger partial charge is 0.271 e. The summed E-state index contributed by atoms with van der Waals surface area (Å²) in [5.41, 5.74) is 1.67. The summed E-state index contributed by atoms with van der Waals surface area (Å²) in [6.45, 7) is 0. The van der Waals surface area contributed by atoms with E-state index >= 15 is 0 Å². The molecule has 0 N–H and O–H groups in total. The zero-order valence-corrected chi connectivity index (χ0v) is 19.1. The van der Waals surface area contributed by atoms with Crippen molar-refractivity contribution in [3.63, 3.8) is 0 Å². The van der Waals surface area contributed by atoms with Gasteiger partial charge in [0.15, 0.2) is 0 Å². The number of hydrogen-bond acceptors (Lipinski definition) is 6. The third-order valence-corrected chi connectivity index (χ3v) is 9.17. The molecule has 4 amide bonds. The second kappa shape index (κ2) is 7.63. The van der Waals surface area contributed by atoms with E-state index in [1.807, 2.05) is 23.5 Å². The molecule has 0 radical (unpaired) electrons. The molecule has 4 aliphatic rings. The fraction of sp³-hybridized carbons (Fsp3) is 0.417. The number of nitrogens with zero attached hydrogens (tertiary/aromatic N) is 2. The van der Waals surface area contributed by atoms with E-state index in [0.29, 0.717) is 33.0 Å². The van der Waals surface area contributed by atoms with E-state index in [0.717, 1.165) is 48.7 Å². The molecule has 0 atom stereocenters. The Bertz CT molecular complexity index is 1030. The van der Waals surface area contributed by atoms with Crippen molar-refractivity contribution in [2.75, 3.05) is 23.0 Å². The predicted molar refractivity (Wildman–Crippen MR) is 126 cm³/mol. The number of benzene rings is 2. The molecular formula is C24H22N2O4S2. The van der Waals surface area contributed by atoms with E-state index < -0.39 is 0 Å². The minimum absolute atomic E-state index is 0.102. The molecule has 8 heteroatoms. The van der Waals surface area contributed by atoms with Crippen molar-refractivity contribution in [3.8, 4) is 0 Å². The van der Waals surface area contributed by atoms with E-state index in [-0.39, 0.29) is 35.7 Å². The molecule has 6 nitrogen and oxygen atoms in total. The Morgan fingerprint density at radius 3 is 1.09 bits per heavy atom. The van der Waals surface area contributed by atoms with Crippen LogP contribution in [0.1, 0.15) is 67.1 Å². The number of carbonyl (C=O) groups is 4. The van der Waals surface area contributed by atoms with E-state index in [1.54, 1.807) is 24.3 Å². The summed E-state index contributed by atoms with van der Waals surface area (Å²) in [7, 11) is 0. The Kier molecular flexibility index (Phi) is 4.84. The van der Waals surface area contributed by atoms with Crippen LogP contribution in [-0.2, 0) is 0 Å². The van der Waals surface area contributed by atoms with Gasteiger partial charge < -0.3 is 0 Å². The molecule has 4 heterocycles. The number of thioether (sulfide) groups is 2. The fourth-order valence-corrected chi connectivity index (χ4v) is 7.63. The molecule has 2 saturated heterocycles. The zero-order valence-electron chi connectivity index (χ0n) is 17.5. The van der Waals surface area contributed by atoms with E-state index in [2.05, 4.69) is 0 Å². The van der Waals surface area contributed by atoms with Crippen LogP contribution in [0.15, 0.2) is 24.3 Å². The zero-order chi connectivity index (χ0) is 22.0. The van der Waals surface area contributed by atoms with Gasteiger partial charge >= 0.3 is 0 Å². The van der Waals surface area contributed by atoms with Crippen LogP contribution >= 0.6 is 23.5 Å². The molecule has 0 unspecified atom stereocenters. The van der Waals surface area contributed by atoms with Crippen LogP contribution < -0.4 is 0 Å². The average molecular weight is 467 g/mol. The van der Waals surface area contributed by atoms with Crippen LogP contribution in [0.2, 0.25) is 0 Å². The van der Waals surface area contributed by atoms with Crippen molar-refractivity contribution in [3.05, 3.63) is 46.5 Å². The summed E-state index contributed by atoms with van der Waals surface area (Å²) in [6.07, 6.45) is 3.18. The van der Waals surface area contributed by atoms with Gasteiger partial charge in [-0.2, -0.15) is 23.5 Å². The van der Waals surface area contributed by atoms with Gasteiger partial charge in [0.2, 0.25) is 0 Å². The summed E-state index contributed by atoms with van der Waals surface area (Å²) in [5.74, 6) is 2.48. The van der Waals surface area contributed by atoms with Crippen LogP contribution in [-0.4, -0.2) is 68.5 Å². The second-order valence-electron chi connectivity index (χ2n) is 8.72. The van der Waals surface area contributed by atoms with Crippen molar-refractivity contribution in [1.29, 1.82) is 0 Å². The van der Waals surface area contributed by atoms with E-state index in [4.69, 9.17) is 0 Å². The normalized spacial score (nSPS) is 22.2. The lowest BCUT2D eigenvalue weighted by molar-refractivity contribution is 0.0508. The van der Waals surface area contributed by atoms with Gasteiger partial charge in [0.1, 0.15) is 0 Å². The Labute approximate surface area is 194 Å². The van der Waals surface area contributed by atoms with Gasteiger partial charge in [0.25, 0.3) is 23.6 Å². The SMILES string of the molecule is O=C1c2ccc3c4c(ccc(c24)C(=O)N1C1CCSCC1)C(=O)N(C1CCSCC1)C3=O. The molecule has 0 bridgehead atoms. The first kappa shape index (κ1) is 20.3.